The van der Waals surface area contributed by atoms with Gasteiger partial charge in [-0.25, -0.2) is 0 Å². The molecule has 0 heterocycles. The molecule has 0 amide bonds. The zero-order valence-electron chi connectivity index (χ0n) is 10.3. The zero-order chi connectivity index (χ0) is 13.2. The third-order valence-electron chi connectivity index (χ3n) is 3.55. The molecule has 0 fully saturated rings. The quantitative estimate of drug-likeness (QED) is 0.604. The fourth-order valence-electron chi connectivity index (χ4n) is 2.60. The number of hydrogen-bond donors (Lipinski definition) is 0. The number of benzene rings is 2. The highest BCUT2D eigenvalue weighted by molar-refractivity contribution is 5.60. The smallest absolute Gasteiger partial charge is 0.254 e. The Bertz CT molecular complexity index is 647. The predicted molar refractivity (Wildman–Crippen MR) is 74.3 cm³/mol. The average molecular weight is 251 g/mol. The summed E-state index contributed by atoms with van der Waals surface area (Å²) in [6, 6.07) is 17.5. The molecule has 2 aromatic rings. The molecule has 3 nitrogen and oxygen atoms in total. The number of fused-ring (bicyclic) bond motifs is 1. The molecule has 94 valence electrons. The van der Waals surface area contributed by atoms with Gasteiger partial charge in [-0.3, -0.25) is 10.1 Å². The van der Waals surface area contributed by atoms with Crippen LogP contribution in [0.4, 0.5) is 0 Å². The Morgan fingerprint density at radius 2 is 1.68 bits per heavy atom. The minimum absolute atomic E-state index is 0.161. The van der Waals surface area contributed by atoms with Crippen molar-refractivity contribution in [1.29, 1.82) is 0 Å². The van der Waals surface area contributed by atoms with Crippen LogP contribution in [0.15, 0.2) is 60.3 Å². The van der Waals surface area contributed by atoms with Gasteiger partial charge in [0.25, 0.3) is 5.70 Å². The Balaban J connectivity index is 2.10. The van der Waals surface area contributed by atoms with E-state index in [1.807, 2.05) is 54.6 Å². The lowest BCUT2D eigenvalue weighted by Crippen LogP contribution is -2.17. The lowest BCUT2D eigenvalue weighted by atomic mass is 9.83. The summed E-state index contributed by atoms with van der Waals surface area (Å²) < 4.78 is 0. The molecule has 0 N–H and O–H groups in total. The van der Waals surface area contributed by atoms with Gasteiger partial charge in [-0.05, 0) is 23.1 Å². The minimum Gasteiger partial charge on any atom is -0.259 e. The van der Waals surface area contributed by atoms with E-state index >= 15 is 0 Å². The van der Waals surface area contributed by atoms with Crippen molar-refractivity contribution >= 4 is 6.08 Å². The first-order chi connectivity index (χ1) is 9.25. The second-order valence-corrected chi connectivity index (χ2v) is 4.69. The van der Waals surface area contributed by atoms with Gasteiger partial charge in [0.1, 0.15) is 0 Å². The maximum absolute atomic E-state index is 11.3. The van der Waals surface area contributed by atoms with Gasteiger partial charge in [0.2, 0.25) is 0 Å². The third-order valence-corrected chi connectivity index (χ3v) is 3.55. The summed E-state index contributed by atoms with van der Waals surface area (Å²) in [5.41, 5.74) is 3.41. The number of allylic oxidation sites excluding steroid dienone is 1. The fraction of sp³-hybridized carbons (Fsp3) is 0.125. The van der Waals surface area contributed by atoms with Gasteiger partial charge in [0.05, 0.1) is 10.8 Å². The number of nitro groups is 1. The second-order valence-electron chi connectivity index (χ2n) is 4.69. The zero-order valence-corrected chi connectivity index (χ0v) is 10.3. The van der Waals surface area contributed by atoms with Crippen LogP contribution in [0.3, 0.4) is 0 Å². The Kier molecular flexibility index (Phi) is 2.88. The maximum atomic E-state index is 11.3. The van der Waals surface area contributed by atoms with Crippen LogP contribution >= 0.6 is 0 Å². The second kappa shape index (κ2) is 4.69. The van der Waals surface area contributed by atoms with Gasteiger partial charge in [0, 0.05) is 6.08 Å². The van der Waals surface area contributed by atoms with E-state index in [1.54, 1.807) is 6.08 Å². The normalized spacial score (nSPS) is 17.5. The Morgan fingerprint density at radius 1 is 1.00 bits per heavy atom. The van der Waals surface area contributed by atoms with Crippen LogP contribution in [0.5, 0.6) is 0 Å². The summed E-state index contributed by atoms with van der Waals surface area (Å²) in [6.07, 6.45) is 2.39. The molecule has 3 heteroatoms. The average Bonchev–Trinajstić information content (AvgIpc) is 2.46. The molecule has 1 aliphatic carbocycles. The van der Waals surface area contributed by atoms with Gasteiger partial charge in [-0.15, -0.1) is 0 Å². The minimum atomic E-state index is -0.256. The standard InChI is InChI=1S/C16H13NO2/c18-17(19)16-11-14-9-5-4-8-13(14)10-15(16)12-6-2-1-3-7-12/h1-9,11,15H,10H2. The molecule has 3 rings (SSSR count). The molecule has 0 bridgehead atoms. The molecule has 2 aromatic carbocycles. The molecule has 0 aliphatic heterocycles. The van der Waals surface area contributed by atoms with E-state index in [0.717, 1.165) is 11.1 Å². The number of rotatable bonds is 2. The molecule has 0 saturated carbocycles. The van der Waals surface area contributed by atoms with Crippen LogP contribution in [-0.2, 0) is 6.42 Å². The van der Waals surface area contributed by atoms with Crippen molar-refractivity contribution in [2.75, 3.05) is 0 Å². The van der Waals surface area contributed by atoms with E-state index < -0.39 is 0 Å². The van der Waals surface area contributed by atoms with Crippen LogP contribution in [0.25, 0.3) is 6.08 Å². The number of hydrogen-bond acceptors (Lipinski definition) is 2. The molecular weight excluding hydrogens is 238 g/mol. The molecule has 0 aromatic heterocycles. The highest BCUT2D eigenvalue weighted by Crippen LogP contribution is 2.35. The van der Waals surface area contributed by atoms with Gasteiger partial charge in [0.15, 0.2) is 0 Å². The highest BCUT2D eigenvalue weighted by atomic mass is 16.6. The summed E-state index contributed by atoms with van der Waals surface area (Å²) in [7, 11) is 0. The van der Waals surface area contributed by atoms with Crippen LogP contribution < -0.4 is 0 Å². The molecule has 0 spiro atoms. The first-order valence-corrected chi connectivity index (χ1v) is 6.24. The van der Waals surface area contributed by atoms with E-state index in [9.17, 15) is 10.1 Å². The van der Waals surface area contributed by atoms with Crippen molar-refractivity contribution in [1.82, 2.24) is 0 Å². The molecular formula is C16H13NO2. The lowest BCUT2D eigenvalue weighted by molar-refractivity contribution is -0.428. The molecule has 19 heavy (non-hydrogen) atoms. The summed E-state index contributed by atoms with van der Waals surface area (Å²) in [4.78, 5) is 11.0. The van der Waals surface area contributed by atoms with Gasteiger partial charge in [-0.1, -0.05) is 54.6 Å². The van der Waals surface area contributed by atoms with Crippen molar-refractivity contribution in [3.05, 3.63) is 87.1 Å². The molecule has 0 saturated heterocycles. The van der Waals surface area contributed by atoms with Crippen LogP contribution in [0.2, 0.25) is 0 Å². The van der Waals surface area contributed by atoms with E-state index in [-0.39, 0.29) is 16.5 Å². The Hall–Kier alpha value is -2.42. The largest absolute Gasteiger partial charge is 0.259 e. The summed E-state index contributed by atoms with van der Waals surface area (Å²) in [5, 5.41) is 11.3. The number of nitrogens with zero attached hydrogens (tertiary/aromatic N) is 1. The van der Waals surface area contributed by atoms with E-state index in [1.165, 1.54) is 5.56 Å². The third kappa shape index (κ3) is 2.15. The topological polar surface area (TPSA) is 43.1 Å². The first-order valence-electron chi connectivity index (χ1n) is 6.24. The summed E-state index contributed by atoms with van der Waals surface area (Å²) in [5.74, 6) is -0.161. The summed E-state index contributed by atoms with van der Waals surface area (Å²) in [6.45, 7) is 0. The van der Waals surface area contributed by atoms with Crippen LogP contribution in [0, 0.1) is 10.1 Å². The van der Waals surface area contributed by atoms with Crippen molar-refractivity contribution in [3.63, 3.8) is 0 Å². The molecule has 1 unspecified atom stereocenters. The molecule has 1 aliphatic rings. The van der Waals surface area contributed by atoms with Crippen molar-refractivity contribution in [2.24, 2.45) is 0 Å². The van der Waals surface area contributed by atoms with Crippen molar-refractivity contribution in [2.45, 2.75) is 12.3 Å². The van der Waals surface area contributed by atoms with E-state index in [2.05, 4.69) is 0 Å². The van der Waals surface area contributed by atoms with Crippen LogP contribution in [0.1, 0.15) is 22.6 Å². The maximum Gasteiger partial charge on any atom is 0.254 e. The van der Waals surface area contributed by atoms with Gasteiger partial charge < -0.3 is 0 Å². The first kappa shape index (κ1) is 11.7. The molecule has 1 atom stereocenters. The highest BCUT2D eigenvalue weighted by Gasteiger charge is 2.30. The molecule has 0 radical (unpaired) electrons. The van der Waals surface area contributed by atoms with E-state index in [4.69, 9.17) is 0 Å². The Labute approximate surface area is 111 Å². The fourth-order valence-corrected chi connectivity index (χ4v) is 2.60. The van der Waals surface area contributed by atoms with Gasteiger partial charge in [-0.2, -0.15) is 0 Å². The monoisotopic (exact) mass is 251 g/mol. The van der Waals surface area contributed by atoms with Gasteiger partial charge >= 0.3 is 0 Å². The lowest BCUT2D eigenvalue weighted by Gasteiger charge is -2.20. The van der Waals surface area contributed by atoms with Crippen molar-refractivity contribution < 1.29 is 4.92 Å². The SMILES string of the molecule is O=[N+]([O-])C1=Cc2ccccc2CC1c1ccccc1. The van der Waals surface area contributed by atoms with Crippen molar-refractivity contribution in [3.8, 4) is 0 Å². The Morgan fingerprint density at radius 3 is 2.42 bits per heavy atom. The summed E-state index contributed by atoms with van der Waals surface area (Å²) >= 11 is 0. The van der Waals surface area contributed by atoms with Crippen LogP contribution in [-0.4, -0.2) is 4.92 Å². The van der Waals surface area contributed by atoms with E-state index in [0.29, 0.717) is 6.42 Å². The predicted octanol–water partition coefficient (Wildman–Crippen LogP) is 3.64.